The molecule has 4 atom stereocenters. The number of piperidine rings is 1. The molecule has 1 N–H and O–H groups in total. The Morgan fingerprint density at radius 3 is 2.24 bits per heavy atom. The van der Waals surface area contributed by atoms with Crippen LogP contribution >= 0.6 is 0 Å². The van der Waals surface area contributed by atoms with Gasteiger partial charge in [-0.25, -0.2) is 4.79 Å². The van der Waals surface area contributed by atoms with Crippen molar-refractivity contribution in [3.63, 3.8) is 0 Å². The van der Waals surface area contributed by atoms with Crippen LogP contribution in [0.25, 0.3) is 0 Å². The van der Waals surface area contributed by atoms with Gasteiger partial charge < -0.3 is 14.9 Å². The third kappa shape index (κ3) is 3.01. The Kier molecular flexibility index (Phi) is 3.84. The largest absolute Gasteiger partial charge is 0.481 e. The molecule has 2 amide bonds. The van der Waals surface area contributed by atoms with Crippen LogP contribution in [0.4, 0.5) is 4.79 Å². The quantitative estimate of drug-likeness (QED) is 0.866. The Morgan fingerprint density at radius 1 is 1.19 bits per heavy atom. The number of amides is 2. The van der Waals surface area contributed by atoms with Crippen molar-refractivity contribution in [2.75, 3.05) is 13.6 Å². The van der Waals surface area contributed by atoms with Crippen molar-refractivity contribution in [3.8, 4) is 0 Å². The summed E-state index contributed by atoms with van der Waals surface area (Å²) in [5.41, 5.74) is 0. The number of carboxylic acids is 1. The first-order valence-corrected chi connectivity index (χ1v) is 8.21. The summed E-state index contributed by atoms with van der Waals surface area (Å²) >= 11 is 0. The van der Waals surface area contributed by atoms with Crippen LogP contribution in [0.15, 0.2) is 0 Å². The Bertz CT molecular complexity index is 425. The molecular formula is C16H26N2O3. The van der Waals surface area contributed by atoms with Crippen molar-refractivity contribution in [2.45, 2.75) is 57.5 Å². The molecule has 5 heteroatoms. The number of carbonyl (C=O) groups is 2. The van der Waals surface area contributed by atoms with E-state index in [1.54, 1.807) is 0 Å². The van der Waals surface area contributed by atoms with E-state index in [1.165, 1.54) is 6.42 Å². The van der Waals surface area contributed by atoms with Crippen molar-refractivity contribution in [1.29, 1.82) is 0 Å². The number of aliphatic carboxylic acids is 1. The summed E-state index contributed by atoms with van der Waals surface area (Å²) < 4.78 is 0. The Hall–Kier alpha value is -1.26. The molecule has 0 radical (unpaired) electrons. The molecule has 1 aliphatic carbocycles. The predicted octanol–water partition coefficient (Wildman–Crippen LogP) is 2.41. The van der Waals surface area contributed by atoms with E-state index < -0.39 is 5.97 Å². The molecule has 4 unspecified atom stereocenters. The Morgan fingerprint density at radius 2 is 1.76 bits per heavy atom. The van der Waals surface area contributed by atoms with Gasteiger partial charge in [0.05, 0.1) is 0 Å². The molecule has 1 saturated carbocycles. The minimum absolute atomic E-state index is 0.162. The third-order valence-electron chi connectivity index (χ3n) is 5.63. The summed E-state index contributed by atoms with van der Waals surface area (Å²) in [6, 6.07) is 0.690. The smallest absolute Gasteiger partial charge is 0.320 e. The van der Waals surface area contributed by atoms with Crippen LogP contribution < -0.4 is 0 Å². The predicted molar refractivity (Wildman–Crippen MR) is 78.9 cm³/mol. The topological polar surface area (TPSA) is 60.9 Å². The second kappa shape index (κ2) is 5.50. The van der Waals surface area contributed by atoms with Gasteiger partial charge in [-0.05, 0) is 49.9 Å². The normalized spacial score (nSPS) is 37.4. The maximum absolute atomic E-state index is 12.7. The zero-order chi connectivity index (χ0) is 15.1. The summed E-state index contributed by atoms with van der Waals surface area (Å²) in [6.07, 6.45) is 5.31. The molecule has 0 aromatic heterocycles. The third-order valence-corrected chi connectivity index (χ3v) is 5.63. The summed E-state index contributed by atoms with van der Waals surface area (Å²) in [5.74, 6) is 0.983. The molecule has 2 aliphatic heterocycles. The number of carbonyl (C=O) groups excluding carboxylic acids is 1. The molecule has 3 fully saturated rings. The molecule has 118 valence electrons. The second-order valence-electron chi connectivity index (χ2n) is 7.36. The fourth-order valence-corrected chi connectivity index (χ4v) is 4.30. The minimum atomic E-state index is -0.709. The lowest BCUT2D eigenvalue weighted by molar-refractivity contribution is -0.138. The van der Waals surface area contributed by atoms with Crippen LogP contribution in [0.5, 0.6) is 0 Å². The van der Waals surface area contributed by atoms with Crippen LogP contribution in [-0.4, -0.2) is 52.6 Å². The highest BCUT2D eigenvalue weighted by Crippen LogP contribution is 2.41. The number of nitrogens with zero attached hydrogens (tertiary/aromatic N) is 2. The molecule has 2 bridgehead atoms. The Balaban J connectivity index is 1.59. The number of fused-ring (bicyclic) bond motifs is 2. The van der Waals surface area contributed by atoms with E-state index in [1.807, 2.05) is 11.9 Å². The van der Waals surface area contributed by atoms with Crippen molar-refractivity contribution in [2.24, 2.45) is 17.8 Å². The van der Waals surface area contributed by atoms with Gasteiger partial charge in [-0.1, -0.05) is 6.92 Å². The average molecular weight is 294 g/mol. The fraction of sp³-hybridized carbons (Fsp3) is 0.875. The summed E-state index contributed by atoms with van der Waals surface area (Å²) in [4.78, 5) is 27.5. The van der Waals surface area contributed by atoms with E-state index in [9.17, 15) is 9.59 Å². The Labute approximate surface area is 126 Å². The van der Waals surface area contributed by atoms with Crippen molar-refractivity contribution >= 4 is 12.0 Å². The lowest BCUT2D eigenvalue weighted by Crippen LogP contribution is -2.51. The highest BCUT2D eigenvalue weighted by molar-refractivity contribution is 5.75. The van der Waals surface area contributed by atoms with Gasteiger partial charge in [0.15, 0.2) is 0 Å². The summed E-state index contributed by atoms with van der Waals surface area (Å²) in [7, 11) is 1.91. The van der Waals surface area contributed by atoms with Gasteiger partial charge in [0.2, 0.25) is 0 Å². The van der Waals surface area contributed by atoms with Gasteiger partial charge in [-0.3, -0.25) is 4.79 Å². The zero-order valence-electron chi connectivity index (χ0n) is 13.0. The summed E-state index contributed by atoms with van der Waals surface area (Å²) in [6.45, 7) is 3.11. The highest BCUT2D eigenvalue weighted by Gasteiger charge is 2.45. The van der Waals surface area contributed by atoms with E-state index in [2.05, 4.69) is 11.8 Å². The van der Waals surface area contributed by atoms with E-state index in [0.717, 1.165) is 38.1 Å². The molecule has 21 heavy (non-hydrogen) atoms. The van der Waals surface area contributed by atoms with E-state index in [4.69, 9.17) is 5.11 Å². The SMILES string of the molecule is CC1CC1CN(C)C(=O)N1C2CCC1CC(CC(=O)O)C2. The van der Waals surface area contributed by atoms with Crippen molar-refractivity contribution in [3.05, 3.63) is 0 Å². The average Bonchev–Trinajstić information content (AvgIpc) is 3.02. The van der Waals surface area contributed by atoms with Crippen molar-refractivity contribution in [1.82, 2.24) is 9.80 Å². The maximum Gasteiger partial charge on any atom is 0.320 e. The molecule has 0 aromatic carbocycles. The van der Waals surface area contributed by atoms with Crippen LogP contribution in [0.2, 0.25) is 0 Å². The van der Waals surface area contributed by atoms with Crippen molar-refractivity contribution < 1.29 is 14.7 Å². The van der Waals surface area contributed by atoms with E-state index in [0.29, 0.717) is 5.92 Å². The first-order chi connectivity index (χ1) is 9.95. The molecule has 2 saturated heterocycles. The fourth-order valence-electron chi connectivity index (χ4n) is 4.30. The molecule has 0 aromatic rings. The monoisotopic (exact) mass is 294 g/mol. The molecule has 2 heterocycles. The lowest BCUT2D eigenvalue weighted by Gasteiger charge is -2.40. The van der Waals surface area contributed by atoms with Crippen LogP contribution in [0.1, 0.15) is 45.4 Å². The first-order valence-electron chi connectivity index (χ1n) is 8.21. The number of urea groups is 1. The van der Waals surface area contributed by atoms with Gasteiger partial charge in [0.1, 0.15) is 0 Å². The second-order valence-corrected chi connectivity index (χ2v) is 7.36. The summed E-state index contributed by atoms with van der Waals surface area (Å²) in [5, 5.41) is 8.96. The number of hydrogen-bond donors (Lipinski definition) is 1. The zero-order valence-corrected chi connectivity index (χ0v) is 13.0. The van der Waals surface area contributed by atoms with Crippen LogP contribution in [0, 0.1) is 17.8 Å². The van der Waals surface area contributed by atoms with Gasteiger partial charge >= 0.3 is 12.0 Å². The standard InChI is InChI=1S/C16H26N2O3/c1-10-5-12(10)9-17(2)16(21)18-13-3-4-14(18)7-11(6-13)8-15(19)20/h10-14H,3-9H2,1-2H3,(H,19,20). The number of rotatable bonds is 4. The molecule has 3 aliphatic rings. The molecule has 0 spiro atoms. The van der Waals surface area contributed by atoms with E-state index >= 15 is 0 Å². The van der Waals surface area contributed by atoms with Gasteiger partial charge in [-0.15, -0.1) is 0 Å². The minimum Gasteiger partial charge on any atom is -0.481 e. The maximum atomic E-state index is 12.7. The van der Waals surface area contributed by atoms with Gasteiger partial charge in [0, 0.05) is 32.1 Å². The number of carboxylic acid groups (broad SMARTS) is 1. The first kappa shape index (κ1) is 14.7. The van der Waals surface area contributed by atoms with Crippen LogP contribution in [-0.2, 0) is 4.79 Å². The van der Waals surface area contributed by atoms with E-state index in [-0.39, 0.29) is 30.5 Å². The highest BCUT2D eigenvalue weighted by atomic mass is 16.4. The molecule has 5 nitrogen and oxygen atoms in total. The molecule has 3 rings (SSSR count). The van der Waals surface area contributed by atoms with Gasteiger partial charge in [-0.2, -0.15) is 0 Å². The van der Waals surface area contributed by atoms with Gasteiger partial charge in [0.25, 0.3) is 0 Å². The lowest BCUT2D eigenvalue weighted by atomic mass is 9.88. The molecular weight excluding hydrogens is 268 g/mol. The van der Waals surface area contributed by atoms with Crippen LogP contribution in [0.3, 0.4) is 0 Å². The number of hydrogen-bond acceptors (Lipinski definition) is 2.